The van der Waals surface area contributed by atoms with E-state index < -0.39 is 0 Å². The van der Waals surface area contributed by atoms with Crippen LogP contribution in [0.2, 0.25) is 0 Å². The summed E-state index contributed by atoms with van der Waals surface area (Å²) in [7, 11) is 0. The lowest BCUT2D eigenvalue weighted by Gasteiger charge is -2.26. The summed E-state index contributed by atoms with van der Waals surface area (Å²) in [6, 6.07) is 9.95. The van der Waals surface area contributed by atoms with Crippen molar-refractivity contribution >= 4 is 23.0 Å². The standard InChI is InChI=1S/C17H24N4S/c18-10-9-15-5-7-16(8-6-15)20-17(22)19-11-4-14-21-12-2-1-3-13-21/h5-8H,1-4,9,11-14H2,(H2,19,20,22). The Bertz CT molecular complexity index is 500. The van der Waals surface area contributed by atoms with Gasteiger partial charge in [0.1, 0.15) is 0 Å². The molecule has 0 atom stereocenters. The van der Waals surface area contributed by atoms with Crippen LogP contribution in [0.5, 0.6) is 0 Å². The molecule has 0 radical (unpaired) electrons. The number of benzene rings is 1. The highest BCUT2D eigenvalue weighted by Gasteiger charge is 2.08. The van der Waals surface area contributed by atoms with Crippen LogP contribution in [0.3, 0.4) is 0 Å². The van der Waals surface area contributed by atoms with E-state index in [2.05, 4.69) is 21.6 Å². The third-order valence-corrected chi connectivity index (χ3v) is 4.13. The molecule has 1 aliphatic heterocycles. The molecule has 0 saturated carbocycles. The smallest absolute Gasteiger partial charge is 0.170 e. The van der Waals surface area contributed by atoms with Gasteiger partial charge in [-0.2, -0.15) is 5.26 Å². The maximum absolute atomic E-state index is 8.65. The summed E-state index contributed by atoms with van der Waals surface area (Å²) in [6.45, 7) is 4.54. The summed E-state index contributed by atoms with van der Waals surface area (Å²) >= 11 is 5.30. The van der Waals surface area contributed by atoms with Gasteiger partial charge in [0, 0.05) is 12.2 Å². The van der Waals surface area contributed by atoms with Gasteiger partial charge >= 0.3 is 0 Å². The van der Waals surface area contributed by atoms with Gasteiger partial charge in [-0.3, -0.25) is 0 Å². The molecule has 1 heterocycles. The second-order valence-corrected chi connectivity index (χ2v) is 6.08. The molecule has 1 fully saturated rings. The highest BCUT2D eigenvalue weighted by molar-refractivity contribution is 7.80. The van der Waals surface area contributed by atoms with E-state index in [1.165, 1.54) is 32.4 Å². The summed E-state index contributed by atoms with van der Waals surface area (Å²) in [4.78, 5) is 2.54. The zero-order chi connectivity index (χ0) is 15.6. The topological polar surface area (TPSA) is 51.1 Å². The molecule has 2 N–H and O–H groups in total. The minimum absolute atomic E-state index is 0.444. The van der Waals surface area contributed by atoms with E-state index in [1.807, 2.05) is 24.3 Å². The summed E-state index contributed by atoms with van der Waals surface area (Å²) in [5.74, 6) is 0. The number of thiocarbonyl (C=S) groups is 1. The average molecular weight is 316 g/mol. The Balaban J connectivity index is 1.61. The van der Waals surface area contributed by atoms with E-state index >= 15 is 0 Å². The van der Waals surface area contributed by atoms with Gasteiger partial charge in [-0.15, -0.1) is 0 Å². The molecule has 0 spiro atoms. The molecule has 0 aliphatic carbocycles. The number of hydrogen-bond donors (Lipinski definition) is 2. The van der Waals surface area contributed by atoms with E-state index in [1.54, 1.807) is 0 Å². The highest BCUT2D eigenvalue weighted by atomic mass is 32.1. The zero-order valence-corrected chi connectivity index (χ0v) is 13.8. The Kier molecular flexibility index (Phi) is 7.14. The Hall–Kier alpha value is -1.64. The molecule has 0 amide bonds. The van der Waals surface area contributed by atoms with Crippen LogP contribution in [0.15, 0.2) is 24.3 Å². The van der Waals surface area contributed by atoms with Crippen LogP contribution >= 0.6 is 12.2 Å². The number of nitrogens with zero attached hydrogens (tertiary/aromatic N) is 2. The Labute approximate surface area is 138 Å². The maximum Gasteiger partial charge on any atom is 0.170 e. The fourth-order valence-corrected chi connectivity index (χ4v) is 2.88. The first kappa shape index (κ1) is 16.7. The zero-order valence-electron chi connectivity index (χ0n) is 13.0. The normalized spacial score (nSPS) is 15.0. The van der Waals surface area contributed by atoms with E-state index in [0.717, 1.165) is 30.8 Å². The predicted molar refractivity (Wildman–Crippen MR) is 94.9 cm³/mol. The number of likely N-dealkylation sites (tertiary alicyclic amines) is 1. The fraction of sp³-hybridized carbons (Fsp3) is 0.529. The van der Waals surface area contributed by atoms with Crippen LogP contribution in [0.1, 0.15) is 31.2 Å². The molecule has 1 aromatic rings. The molecule has 0 bridgehead atoms. The second kappa shape index (κ2) is 9.39. The first-order valence-electron chi connectivity index (χ1n) is 8.01. The van der Waals surface area contributed by atoms with E-state index in [9.17, 15) is 0 Å². The molecular weight excluding hydrogens is 292 g/mol. The van der Waals surface area contributed by atoms with Gasteiger partial charge in [-0.25, -0.2) is 0 Å². The lowest BCUT2D eigenvalue weighted by molar-refractivity contribution is 0.227. The lowest BCUT2D eigenvalue weighted by atomic mass is 10.1. The van der Waals surface area contributed by atoms with Crippen molar-refractivity contribution in [2.75, 3.05) is 31.5 Å². The number of anilines is 1. The van der Waals surface area contributed by atoms with E-state index in [-0.39, 0.29) is 0 Å². The first-order valence-corrected chi connectivity index (χ1v) is 8.42. The Morgan fingerprint density at radius 3 is 2.59 bits per heavy atom. The van der Waals surface area contributed by atoms with Crippen LogP contribution in [0.4, 0.5) is 5.69 Å². The molecule has 1 aliphatic rings. The van der Waals surface area contributed by atoms with Crippen molar-refractivity contribution < 1.29 is 0 Å². The molecule has 4 nitrogen and oxygen atoms in total. The minimum Gasteiger partial charge on any atom is -0.362 e. The Morgan fingerprint density at radius 2 is 1.91 bits per heavy atom. The lowest BCUT2D eigenvalue weighted by Crippen LogP contribution is -2.34. The molecule has 118 valence electrons. The number of piperidine rings is 1. The van der Waals surface area contributed by atoms with Gasteiger partial charge in [0.05, 0.1) is 12.5 Å². The molecule has 0 unspecified atom stereocenters. The van der Waals surface area contributed by atoms with Crippen molar-refractivity contribution in [1.82, 2.24) is 10.2 Å². The summed E-state index contributed by atoms with van der Waals surface area (Å²) in [5, 5.41) is 15.7. The number of nitriles is 1. The monoisotopic (exact) mass is 316 g/mol. The van der Waals surface area contributed by atoms with Gasteiger partial charge in [-0.05, 0) is 68.8 Å². The van der Waals surface area contributed by atoms with E-state index in [4.69, 9.17) is 17.5 Å². The maximum atomic E-state index is 8.65. The van der Waals surface area contributed by atoms with Crippen molar-refractivity contribution in [2.45, 2.75) is 32.1 Å². The quantitative estimate of drug-likeness (QED) is 0.624. The predicted octanol–water partition coefficient (Wildman–Crippen LogP) is 2.92. The first-order chi connectivity index (χ1) is 10.8. The van der Waals surface area contributed by atoms with Gasteiger partial charge in [0.2, 0.25) is 0 Å². The number of hydrogen-bond acceptors (Lipinski definition) is 3. The highest BCUT2D eigenvalue weighted by Crippen LogP contribution is 2.10. The van der Waals surface area contributed by atoms with Crippen molar-refractivity contribution in [2.24, 2.45) is 0 Å². The number of rotatable bonds is 6. The number of nitrogens with one attached hydrogen (secondary N) is 2. The molecule has 2 rings (SSSR count). The average Bonchev–Trinajstić information content (AvgIpc) is 2.55. The third-order valence-electron chi connectivity index (χ3n) is 3.88. The molecular formula is C17H24N4S. The largest absolute Gasteiger partial charge is 0.362 e. The Morgan fingerprint density at radius 1 is 1.18 bits per heavy atom. The summed E-state index contributed by atoms with van der Waals surface area (Å²) < 4.78 is 0. The SMILES string of the molecule is N#CCc1ccc(NC(=S)NCCCN2CCCCC2)cc1. The van der Waals surface area contributed by atoms with Crippen LogP contribution < -0.4 is 10.6 Å². The van der Waals surface area contributed by atoms with Crippen molar-refractivity contribution in [3.8, 4) is 6.07 Å². The fourth-order valence-electron chi connectivity index (χ4n) is 2.66. The van der Waals surface area contributed by atoms with Gasteiger partial charge in [0.25, 0.3) is 0 Å². The van der Waals surface area contributed by atoms with Crippen LogP contribution in [0, 0.1) is 11.3 Å². The minimum atomic E-state index is 0.444. The molecule has 1 saturated heterocycles. The summed E-state index contributed by atoms with van der Waals surface area (Å²) in [6.07, 6.45) is 5.63. The van der Waals surface area contributed by atoms with Crippen molar-refractivity contribution in [3.05, 3.63) is 29.8 Å². The molecule has 0 aromatic heterocycles. The third kappa shape index (κ3) is 6.00. The van der Waals surface area contributed by atoms with Gasteiger partial charge < -0.3 is 15.5 Å². The molecule has 22 heavy (non-hydrogen) atoms. The van der Waals surface area contributed by atoms with Gasteiger partial charge in [-0.1, -0.05) is 18.6 Å². The molecule has 1 aromatic carbocycles. The summed E-state index contributed by atoms with van der Waals surface area (Å²) in [5.41, 5.74) is 1.98. The van der Waals surface area contributed by atoms with E-state index in [0.29, 0.717) is 11.5 Å². The molecule has 5 heteroatoms. The van der Waals surface area contributed by atoms with Crippen molar-refractivity contribution in [3.63, 3.8) is 0 Å². The van der Waals surface area contributed by atoms with Crippen LogP contribution in [-0.4, -0.2) is 36.2 Å². The van der Waals surface area contributed by atoms with Crippen molar-refractivity contribution in [1.29, 1.82) is 5.26 Å². The van der Waals surface area contributed by atoms with Crippen LogP contribution in [0.25, 0.3) is 0 Å². The van der Waals surface area contributed by atoms with Gasteiger partial charge in [0.15, 0.2) is 5.11 Å². The second-order valence-electron chi connectivity index (χ2n) is 5.67. The van der Waals surface area contributed by atoms with Crippen LogP contribution in [-0.2, 0) is 6.42 Å².